The van der Waals surface area contributed by atoms with Crippen molar-refractivity contribution >= 4 is 13.7 Å². The maximum atomic E-state index is 12.7. The van der Waals surface area contributed by atoms with E-state index < -0.39 is 20.0 Å². The predicted molar refractivity (Wildman–Crippen MR) is 217 cm³/mol. The summed E-state index contributed by atoms with van der Waals surface area (Å²) >= 11 is 0. The first-order valence-corrected chi connectivity index (χ1v) is 22.3. The Bertz CT molecular complexity index is 938. The Balaban J connectivity index is 4.36. The van der Waals surface area contributed by atoms with Crippen molar-refractivity contribution < 1.29 is 28.4 Å². The largest absolute Gasteiger partial charge is 0.472 e. The standard InChI is InChI=1S/C42H79N2O6P/c1-3-5-7-9-11-13-15-17-19-20-21-22-23-25-27-29-31-33-35-41(45)40(39-50-51(47,48)49-38-37-43)44-42(46)36-34-32-30-28-26-24-18-16-14-12-10-8-6-4-2/h16,18,20-21,25,27,33,35,40-41,45H,3-15,17,19,22-24,26,28-32,34,36-39,43H2,1-2H3,(H,44,46)(H,47,48)/b18-16-,21-20+,27-25+,35-33+. The zero-order valence-electron chi connectivity index (χ0n) is 32.8. The summed E-state index contributed by atoms with van der Waals surface area (Å²) in [5.74, 6) is -0.219. The van der Waals surface area contributed by atoms with E-state index in [0.717, 1.165) is 64.2 Å². The van der Waals surface area contributed by atoms with Crippen LogP contribution in [0, 0.1) is 0 Å². The van der Waals surface area contributed by atoms with Gasteiger partial charge >= 0.3 is 7.82 Å². The fourth-order valence-corrected chi connectivity index (χ4v) is 6.45. The molecule has 0 spiro atoms. The summed E-state index contributed by atoms with van der Waals surface area (Å²) in [6.45, 7) is 4.07. The van der Waals surface area contributed by atoms with Crippen LogP contribution in [0.3, 0.4) is 0 Å². The van der Waals surface area contributed by atoms with Crippen molar-refractivity contribution in [3.63, 3.8) is 0 Å². The first-order valence-electron chi connectivity index (χ1n) is 20.8. The number of carbonyl (C=O) groups is 1. The minimum atomic E-state index is -4.35. The molecule has 0 saturated heterocycles. The van der Waals surface area contributed by atoms with E-state index in [0.29, 0.717) is 6.42 Å². The second-order valence-corrected chi connectivity index (χ2v) is 15.3. The Morgan fingerprint density at radius 2 is 1.04 bits per heavy atom. The van der Waals surface area contributed by atoms with E-state index in [2.05, 4.69) is 55.6 Å². The van der Waals surface area contributed by atoms with E-state index in [1.807, 2.05) is 6.08 Å². The van der Waals surface area contributed by atoms with Gasteiger partial charge in [-0.1, -0.05) is 152 Å². The lowest BCUT2D eigenvalue weighted by Gasteiger charge is -2.23. The van der Waals surface area contributed by atoms with Crippen LogP contribution < -0.4 is 11.1 Å². The number of aliphatic hydroxyl groups excluding tert-OH is 1. The lowest BCUT2D eigenvalue weighted by Crippen LogP contribution is -2.45. The number of unbranched alkanes of at least 4 members (excludes halogenated alkanes) is 20. The smallest absolute Gasteiger partial charge is 0.387 e. The van der Waals surface area contributed by atoms with Gasteiger partial charge in [0.05, 0.1) is 25.4 Å². The third kappa shape index (κ3) is 36.6. The van der Waals surface area contributed by atoms with Crippen molar-refractivity contribution in [3.05, 3.63) is 48.6 Å². The quantitative estimate of drug-likeness (QED) is 0.0282. The van der Waals surface area contributed by atoms with E-state index >= 15 is 0 Å². The first kappa shape index (κ1) is 49.5. The molecule has 298 valence electrons. The molecule has 5 N–H and O–H groups in total. The highest BCUT2D eigenvalue weighted by atomic mass is 31.2. The van der Waals surface area contributed by atoms with E-state index in [1.165, 1.54) is 96.3 Å². The maximum absolute atomic E-state index is 12.7. The van der Waals surface area contributed by atoms with E-state index in [4.69, 9.17) is 14.8 Å². The monoisotopic (exact) mass is 739 g/mol. The zero-order chi connectivity index (χ0) is 37.5. The van der Waals surface area contributed by atoms with Gasteiger partial charge < -0.3 is 21.1 Å². The van der Waals surface area contributed by atoms with Crippen molar-refractivity contribution in [2.45, 2.75) is 193 Å². The van der Waals surface area contributed by atoms with Crippen LogP contribution in [0.4, 0.5) is 0 Å². The molecule has 0 aliphatic carbocycles. The first-order chi connectivity index (χ1) is 24.9. The maximum Gasteiger partial charge on any atom is 0.472 e. The number of nitrogens with one attached hydrogen (secondary N) is 1. The summed E-state index contributed by atoms with van der Waals surface area (Å²) in [5.41, 5.74) is 5.36. The predicted octanol–water partition coefficient (Wildman–Crippen LogP) is 11.3. The number of aliphatic hydroxyl groups is 1. The molecule has 51 heavy (non-hydrogen) atoms. The van der Waals surface area contributed by atoms with Gasteiger partial charge in [0.2, 0.25) is 5.91 Å². The Kier molecular flexibility index (Phi) is 37.0. The normalized spacial score (nSPS) is 14.7. The number of hydrogen-bond acceptors (Lipinski definition) is 6. The van der Waals surface area contributed by atoms with Crippen LogP contribution in [0.15, 0.2) is 48.6 Å². The van der Waals surface area contributed by atoms with Crippen molar-refractivity contribution in [3.8, 4) is 0 Å². The second kappa shape index (κ2) is 38.2. The zero-order valence-corrected chi connectivity index (χ0v) is 33.7. The topological polar surface area (TPSA) is 131 Å². The van der Waals surface area contributed by atoms with Gasteiger partial charge in [0.25, 0.3) is 0 Å². The molecule has 1 amide bonds. The molecule has 8 nitrogen and oxygen atoms in total. The summed E-state index contributed by atoms with van der Waals surface area (Å²) in [7, 11) is -4.35. The highest BCUT2D eigenvalue weighted by molar-refractivity contribution is 7.47. The van der Waals surface area contributed by atoms with Crippen molar-refractivity contribution in [1.82, 2.24) is 5.32 Å². The molecular weight excluding hydrogens is 659 g/mol. The summed E-state index contributed by atoms with van der Waals surface area (Å²) in [6.07, 6.45) is 45.9. The summed E-state index contributed by atoms with van der Waals surface area (Å²) in [6, 6.07) is -0.887. The number of hydrogen-bond donors (Lipinski definition) is 4. The van der Waals surface area contributed by atoms with Gasteiger partial charge in [0.1, 0.15) is 0 Å². The molecule has 0 aliphatic rings. The Hall–Kier alpha value is -1.54. The summed E-state index contributed by atoms with van der Waals surface area (Å²) in [5, 5.41) is 13.6. The van der Waals surface area contributed by atoms with Crippen LogP contribution in [-0.4, -0.2) is 47.8 Å². The molecule has 0 rings (SSSR count). The molecule has 0 bridgehead atoms. The van der Waals surface area contributed by atoms with Crippen LogP contribution in [0.1, 0.15) is 181 Å². The van der Waals surface area contributed by atoms with Crippen LogP contribution in [-0.2, 0) is 18.4 Å². The Morgan fingerprint density at radius 3 is 1.51 bits per heavy atom. The number of nitrogens with two attached hydrogens (primary N) is 1. The lowest BCUT2D eigenvalue weighted by molar-refractivity contribution is -0.123. The van der Waals surface area contributed by atoms with E-state index in [-0.39, 0.29) is 25.7 Å². The van der Waals surface area contributed by atoms with Crippen LogP contribution in [0.5, 0.6) is 0 Å². The number of carbonyl (C=O) groups excluding carboxylic acids is 1. The molecular formula is C42H79N2O6P. The average Bonchev–Trinajstić information content (AvgIpc) is 3.12. The molecule has 0 aromatic heterocycles. The van der Waals surface area contributed by atoms with Crippen molar-refractivity contribution in [2.75, 3.05) is 19.8 Å². The Labute approximate surface area is 313 Å². The fourth-order valence-electron chi connectivity index (χ4n) is 5.69. The van der Waals surface area contributed by atoms with Gasteiger partial charge in [0.15, 0.2) is 0 Å². The van der Waals surface area contributed by atoms with E-state index in [1.54, 1.807) is 6.08 Å². The van der Waals surface area contributed by atoms with Gasteiger partial charge in [-0.05, 0) is 70.6 Å². The minimum Gasteiger partial charge on any atom is -0.387 e. The average molecular weight is 739 g/mol. The van der Waals surface area contributed by atoms with Crippen molar-refractivity contribution in [1.29, 1.82) is 0 Å². The number of allylic oxidation sites excluding steroid dienone is 7. The third-order valence-corrected chi connectivity index (χ3v) is 9.84. The van der Waals surface area contributed by atoms with Crippen LogP contribution in [0.2, 0.25) is 0 Å². The fraction of sp³-hybridized carbons (Fsp3) is 0.786. The molecule has 0 aromatic rings. The van der Waals surface area contributed by atoms with Gasteiger partial charge in [0, 0.05) is 13.0 Å². The highest BCUT2D eigenvalue weighted by Gasteiger charge is 2.26. The molecule has 0 aliphatic heterocycles. The molecule has 0 fully saturated rings. The molecule has 0 radical (unpaired) electrons. The van der Waals surface area contributed by atoms with Gasteiger partial charge in [-0.15, -0.1) is 0 Å². The lowest BCUT2D eigenvalue weighted by atomic mass is 10.1. The summed E-state index contributed by atoms with van der Waals surface area (Å²) < 4.78 is 22.1. The summed E-state index contributed by atoms with van der Waals surface area (Å²) in [4.78, 5) is 22.6. The molecule has 3 atom stereocenters. The number of phosphoric acid groups is 1. The molecule has 0 heterocycles. The van der Waals surface area contributed by atoms with Gasteiger partial charge in [-0.2, -0.15) is 0 Å². The molecule has 0 saturated carbocycles. The van der Waals surface area contributed by atoms with Gasteiger partial charge in [-0.25, -0.2) is 4.57 Å². The van der Waals surface area contributed by atoms with Crippen LogP contribution >= 0.6 is 7.82 Å². The molecule has 9 heteroatoms. The molecule has 3 unspecified atom stereocenters. The van der Waals surface area contributed by atoms with Crippen molar-refractivity contribution in [2.24, 2.45) is 5.73 Å². The number of amides is 1. The van der Waals surface area contributed by atoms with Gasteiger partial charge in [-0.3, -0.25) is 13.8 Å². The number of rotatable bonds is 38. The molecule has 0 aromatic carbocycles. The van der Waals surface area contributed by atoms with Crippen LogP contribution in [0.25, 0.3) is 0 Å². The third-order valence-electron chi connectivity index (χ3n) is 8.85. The Morgan fingerprint density at radius 1 is 0.627 bits per heavy atom. The highest BCUT2D eigenvalue weighted by Crippen LogP contribution is 2.43. The minimum absolute atomic E-state index is 0.0693. The van der Waals surface area contributed by atoms with E-state index in [9.17, 15) is 19.4 Å². The number of phosphoric ester groups is 1. The SMILES string of the molecule is CCCCCCC/C=C\CCCCCCCC(=O)NC(COP(=O)(O)OCCN)C(O)/C=C/CC/C=C/CC/C=C/CCCCCCCCCC. The second-order valence-electron chi connectivity index (χ2n) is 13.8.